The maximum atomic E-state index is 10.6. The standard InChI is InChI=1S/C13H14BrNO/c1-9-6-11(10(2)12(14)7-9)13(15-8-16)4-3-5-13/h6-7H,3-5H2,1-2H3. The Hall–Kier alpha value is -0.920. The third-order valence-electron chi connectivity index (χ3n) is 3.43. The topological polar surface area (TPSA) is 29.4 Å². The third-order valence-corrected chi connectivity index (χ3v) is 4.25. The van der Waals surface area contributed by atoms with Crippen molar-refractivity contribution in [2.75, 3.05) is 0 Å². The van der Waals surface area contributed by atoms with E-state index in [0.29, 0.717) is 0 Å². The fraction of sp³-hybridized carbons (Fsp3) is 0.462. The van der Waals surface area contributed by atoms with Crippen LogP contribution in [0.3, 0.4) is 0 Å². The summed E-state index contributed by atoms with van der Waals surface area (Å²) in [5, 5.41) is 0. The number of hydrogen-bond donors (Lipinski definition) is 0. The predicted molar refractivity (Wildman–Crippen MR) is 67.3 cm³/mol. The molecule has 0 amide bonds. The predicted octanol–water partition coefficient (Wildman–Crippen LogP) is 3.78. The Morgan fingerprint density at radius 3 is 2.56 bits per heavy atom. The maximum Gasteiger partial charge on any atom is 0.235 e. The molecule has 0 aromatic heterocycles. The second-order valence-corrected chi connectivity index (χ2v) is 5.36. The van der Waals surface area contributed by atoms with Gasteiger partial charge < -0.3 is 0 Å². The quantitative estimate of drug-likeness (QED) is 0.598. The van der Waals surface area contributed by atoms with E-state index in [0.717, 1.165) is 23.7 Å². The summed E-state index contributed by atoms with van der Waals surface area (Å²) in [6.45, 7) is 4.13. The average molecular weight is 280 g/mol. The fourth-order valence-corrected chi connectivity index (χ4v) is 2.91. The minimum absolute atomic E-state index is 0.291. The van der Waals surface area contributed by atoms with E-state index in [-0.39, 0.29) is 5.54 Å². The number of rotatable bonds is 2. The van der Waals surface area contributed by atoms with Gasteiger partial charge in [0.2, 0.25) is 6.08 Å². The van der Waals surface area contributed by atoms with E-state index in [1.54, 1.807) is 6.08 Å². The van der Waals surface area contributed by atoms with Gasteiger partial charge in [-0.25, -0.2) is 4.79 Å². The summed E-state index contributed by atoms with van der Waals surface area (Å²) in [6, 6.07) is 4.23. The van der Waals surface area contributed by atoms with Crippen molar-refractivity contribution in [1.29, 1.82) is 0 Å². The number of aryl methyl sites for hydroxylation is 1. The second-order valence-electron chi connectivity index (χ2n) is 4.51. The summed E-state index contributed by atoms with van der Waals surface area (Å²) >= 11 is 3.55. The number of nitrogens with zero attached hydrogens (tertiary/aromatic N) is 1. The number of isocyanates is 1. The summed E-state index contributed by atoms with van der Waals surface area (Å²) in [4.78, 5) is 14.6. The molecule has 1 saturated carbocycles. The van der Waals surface area contributed by atoms with Crippen molar-refractivity contribution in [3.05, 3.63) is 33.3 Å². The van der Waals surface area contributed by atoms with E-state index in [9.17, 15) is 4.79 Å². The van der Waals surface area contributed by atoms with Crippen LogP contribution in [0.2, 0.25) is 0 Å². The molecule has 1 aliphatic rings. The van der Waals surface area contributed by atoms with Crippen molar-refractivity contribution in [2.45, 2.75) is 38.6 Å². The molecule has 1 fully saturated rings. The maximum absolute atomic E-state index is 10.6. The lowest BCUT2D eigenvalue weighted by molar-refractivity contribution is 0.254. The van der Waals surface area contributed by atoms with Crippen LogP contribution >= 0.6 is 15.9 Å². The monoisotopic (exact) mass is 279 g/mol. The van der Waals surface area contributed by atoms with Gasteiger partial charge in [-0.15, -0.1) is 0 Å². The molecule has 16 heavy (non-hydrogen) atoms. The molecule has 0 heterocycles. The first-order chi connectivity index (χ1) is 7.59. The highest BCUT2D eigenvalue weighted by atomic mass is 79.9. The smallest absolute Gasteiger partial charge is 0.211 e. The highest BCUT2D eigenvalue weighted by Crippen LogP contribution is 2.47. The van der Waals surface area contributed by atoms with Crippen molar-refractivity contribution < 1.29 is 4.79 Å². The largest absolute Gasteiger partial charge is 0.235 e. The Balaban J connectivity index is 2.58. The highest BCUT2D eigenvalue weighted by molar-refractivity contribution is 9.10. The van der Waals surface area contributed by atoms with Crippen LogP contribution in [0.4, 0.5) is 0 Å². The van der Waals surface area contributed by atoms with Gasteiger partial charge >= 0.3 is 0 Å². The molecule has 2 nitrogen and oxygen atoms in total. The SMILES string of the molecule is Cc1cc(Br)c(C)c(C2(N=C=O)CCC2)c1. The zero-order valence-electron chi connectivity index (χ0n) is 9.51. The third kappa shape index (κ3) is 1.74. The van der Waals surface area contributed by atoms with Gasteiger partial charge in [0.25, 0.3) is 0 Å². The summed E-state index contributed by atoms with van der Waals surface area (Å²) in [5.74, 6) is 0. The summed E-state index contributed by atoms with van der Waals surface area (Å²) in [6.07, 6.45) is 4.78. The highest BCUT2D eigenvalue weighted by Gasteiger charge is 2.40. The molecule has 0 N–H and O–H groups in total. The molecular formula is C13H14BrNO. The fourth-order valence-electron chi connectivity index (χ4n) is 2.34. The second kappa shape index (κ2) is 4.15. The molecule has 3 heteroatoms. The van der Waals surface area contributed by atoms with Crippen molar-refractivity contribution in [1.82, 2.24) is 0 Å². The van der Waals surface area contributed by atoms with Crippen LogP contribution < -0.4 is 0 Å². The first kappa shape index (κ1) is 11.6. The Kier molecular flexibility index (Phi) is 3.00. The minimum atomic E-state index is -0.291. The van der Waals surface area contributed by atoms with Crippen molar-refractivity contribution in [3.63, 3.8) is 0 Å². The minimum Gasteiger partial charge on any atom is -0.211 e. The summed E-state index contributed by atoms with van der Waals surface area (Å²) in [5.41, 5.74) is 3.26. The normalized spacial score (nSPS) is 17.4. The molecular weight excluding hydrogens is 266 g/mol. The van der Waals surface area contributed by atoms with Crippen LogP contribution in [-0.4, -0.2) is 6.08 Å². The van der Waals surface area contributed by atoms with Gasteiger partial charge in [-0.3, -0.25) is 0 Å². The van der Waals surface area contributed by atoms with Gasteiger partial charge in [0, 0.05) is 4.47 Å². The van der Waals surface area contributed by atoms with E-state index in [2.05, 4.69) is 46.9 Å². The lowest BCUT2D eigenvalue weighted by Crippen LogP contribution is -2.32. The van der Waals surface area contributed by atoms with E-state index in [1.165, 1.54) is 16.7 Å². The molecule has 1 aromatic rings. The first-order valence-corrected chi connectivity index (χ1v) is 6.25. The molecule has 1 aromatic carbocycles. The molecule has 0 aliphatic heterocycles. The zero-order chi connectivity index (χ0) is 11.8. The molecule has 0 bridgehead atoms. The molecule has 0 atom stereocenters. The molecule has 0 spiro atoms. The van der Waals surface area contributed by atoms with Crippen molar-refractivity contribution >= 4 is 22.0 Å². The van der Waals surface area contributed by atoms with Gasteiger partial charge in [-0.1, -0.05) is 22.0 Å². The molecule has 0 radical (unpaired) electrons. The van der Waals surface area contributed by atoms with Gasteiger partial charge in [-0.2, -0.15) is 4.99 Å². The Bertz CT molecular complexity index is 471. The van der Waals surface area contributed by atoms with E-state index >= 15 is 0 Å². The first-order valence-electron chi connectivity index (χ1n) is 5.45. The van der Waals surface area contributed by atoms with Crippen molar-refractivity contribution in [3.8, 4) is 0 Å². The Labute approximate surface area is 104 Å². The number of aliphatic imine (C=N–C) groups is 1. The summed E-state index contributed by atoms with van der Waals surface area (Å²) < 4.78 is 1.09. The van der Waals surface area contributed by atoms with Crippen LogP contribution in [0, 0.1) is 13.8 Å². The van der Waals surface area contributed by atoms with E-state index in [4.69, 9.17) is 0 Å². The molecule has 1 aliphatic carbocycles. The number of carbonyl (C=O) groups excluding carboxylic acids is 1. The molecule has 2 rings (SSSR count). The zero-order valence-corrected chi connectivity index (χ0v) is 11.1. The Morgan fingerprint density at radius 2 is 2.06 bits per heavy atom. The van der Waals surface area contributed by atoms with Crippen molar-refractivity contribution in [2.24, 2.45) is 4.99 Å². The van der Waals surface area contributed by atoms with Crippen LogP contribution in [-0.2, 0) is 10.3 Å². The van der Waals surface area contributed by atoms with Crippen LogP contribution in [0.5, 0.6) is 0 Å². The lowest BCUT2D eigenvalue weighted by Gasteiger charge is -2.38. The van der Waals surface area contributed by atoms with Gasteiger partial charge in [0.1, 0.15) is 0 Å². The van der Waals surface area contributed by atoms with Crippen LogP contribution in [0.1, 0.15) is 36.0 Å². The van der Waals surface area contributed by atoms with Crippen LogP contribution in [0.15, 0.2) is 21.6 Å². The lowest BCUT2D eigenvalue weighted by atomic mass is 9.71. The Morgan fingerprint density at radius 1 is 1.38 bits per heavy atom. The molecule has 84 valence electrons. The van der Waals surface area contributed by atoms with E-state index in [1.807, 2.05) is 0 Å². The number of halogens is 1. The van der Waals surface area contributed by atoms with E-state index < -0.39 is 0 Å². The van der Waals surface area contributed by atoms with Gasteiger partial charge in [0.15, 0.2) is 0 Å². The molecule has 0 unspecified atom stereocenters. The van der Waals surface area contributed by atoms with Gasteiger partial charge in [-0.05, 0) is 55.9 Å². The van der Waals surface area contributed by atoms with Crippen LogP contribution in [0.25, 0.3) is 0 Å². The number of hydrogen-bond acceptors (Lipinski definition) is 2. The average Bonchev–Trinajstić information content (AvgIpc) is 2.17. The molecule has 0 saturated heterocycles. The summed E-state index contributed by atoms with van der Waals surface area (Å²) in [7, 11) is 0. The number of benzene rings is 1. The van der Waals surface area contributed by atoms with Gasteiger partial charge in [0.05, 0.1) is 5.54 Å².